The average Bonchev–Trinajstić information content (AvgIpc) is 2.59. The Kier molecular flexibility index (Phi) is 2.58. The van der Waals surface area contributed by atoms with Crippen LogP contribution < -0.4 is 10.1 Å². The van der Waals surface area contributed by atoms with Crippen LogP contribution in [0, 0.1) is 0 Å². The molecular formula is C8H12N2OS. The first kappa shape index (κ1) is 8.01. The number of aromatic nitrogens is 1. The SMILES string of the molecule is c1csc(O[C@H]2CCCNC2)n1. The molecule has 1 N–H and O–H groups in total. The summed E-state index contributed by atoms with van der Waals surface area (Å²) in [5.41, 5.74) is 0. The molecule has 3 nitrogen and oxygen atoms in total. The van der Waals surface area contributed by atoms with Crippen molar-refractivity contribution in [2.24, 2.45) is 0 Å². The highest BCUT2D eigenvalue weighted by Crippen LogP contribution is 2.17. The summed E-state index contributed by atoms with van der Waals surface area (Å²) in [6, 6.07) is 0. The molecule has 1 saturated heterocycles. The van der Waals surface area contributed by atoms with Gasteiger partial charge in [-0.05, 0) is 19.4 Å². The summed E-state index contributed by atoms with van der Waals surface area (Å²) in [7, 11) is 0. The monoisotopic (exact) mass is 184 g/mol. The average molecular weight is 184 g/mol. The molecule has 66 valence electrons. The van der Waals surface area contributed by atoms with Crippen molar-refractivity contribution in [1.29, 1.82) is 0 Å². The van der Waals surface area contributed by atoms with Gasteiger partial charge in [0.25, 0.3) is 5.19 Å². The van der Waals surface area contributed by atoms with Crippen LogP contribution in [0.2, 0.25) is 0 Å². The fourth-order valence-electron chi connectivity index (χ4n) is 1.33. The Morgan fingerprint density at radius 1 is 1.67 bits per heavy atom. The Labute approximate surface area is 75.8 Å². The molecule has 0 aliphatic carbocycles. The molecule has 12 heavy (non-hydrogen) atoms. The third kappa shape index (κ3) is 1.95. The number of ether oxygens (including phenoxy) is 1. The van der Waals surface area contributed by atoms with E-state index in [4.69, 9.17) is 4.74 Å². The van der Waals surface area contributed by atoms with Gasteiger partial charge in [-0.3, -0.25) is 0 Å². The van der Waals surface area contributed by atoms with Crippen LogP contribution in [0.4, 0.5) is 0 Å². The van der Waals surface area contributed by atoms with Crippen molar-refractivity contribution in [2.45, 2.75) is 18.9 Å². The fourth-order valence-corrected chi connectivity index (χ4v) is 1.88. The molecule has 1 aliphatic heterocycles. The van der Waals surface area contributed by atoms with Gasteiger partial charge in [0.2, 0.25) is 0 Å². The van der Waals surface area contributed by atoms with E-state index in [0.717, 1.165) is 24.7 Å². The quantitative estimate of drug-likeness (QED) is 0.751. The van der Waals surface area contributed by atoms with E-state index in [2.05, 4.69) is 10.3 Å². The summed E-state index contributed by atoms with van der Waals surface area (Å²) in [6.07, 6.45) is 4.45. The first-order valence-electron chi connectivity index (χ1n) is 4.22. The van der Waals surface area contributed by atoms with Gasteiger partial charge in [-0.2, -0.15) is 0 Å². The smallest absolute Gasteiger partial charge is 0.273 e. The standard InChI is InChI=1S/C8H12N2OS/c1-2-7(6-9-3-1)11-8-10-4-5-12-8/h4-5,7,9H,1-3,6H2/t7-/m0/s1. The number of rotatable bonds is 2. The summed E-state index contributed by atoms with van der Waals surface area (Å²) >= 11 is 1.56. The van der Waals surface area contributed by atoms with E-state index in [0.29, 0.717) is 6.10 Å². The molecule has 1 aromatic rings. The molecule has 0 radical (unpaired) electrons. The van der Waals surface area contributed by atoms with Crippen LogP contribution in [-0.2, 0) is 0 Å². The highest BCUT2D eigenvalue weighted by Gasteiger charge is 2.14. The zero-order valence-electron chi connectivity index (χ0n) is 6.82. The lowest BCUT2D eigenvalue weighted by molar-refractivity contribution is 0.166. The molecule has 2 rings (SSSR count). The Bertz CT molecular complexity index is 219. The maximum absolute atomic E-state index is 5.64. The normalized spacial score (nSPS) is 23.8. The van der Waals surface area contributed by atoms with E-state index < -0.39 is 0 Å². The third-order valence-corrected chi connectivity index (χ3v) is 2.59. The van der Waals surface area contributed by atoms with E-state index in [1.54, 1.807) is 17.5 Å². The molecule has 0 aromatic carbocycles. The molecule has 0 spiro atoms. The Morgan fingerprint density at radius 2 is 2.67 bits per heavy atom. The third-order valence-electron chi connectivity index (χ3n) is 1.93. The molecule has 0 saturated carbocycles. The molecule has 0 amide bonds. The predicted octanol–water partition coefficient (Wildman–Crippen LogP) is 1.27. The van der Waals surface area contributed by atoms with Gasteiger partial charge in [0.15, 0.2) is 0 Å². The molecule has 0 unspecified atom stereocenters. The molecule has 2 heterocycles. The van der Waals surface area contributed by atoms with Crippen LogP contribution >= 0.6 is 11.3 Å². The van der Waals surface area contributed by atoms with Crippen molar-refractivity contribution in [1.82, 2.24) is 10.3 Å². The maximum atomic E-state index is 5.64. The second kappa shape index (κ2) is 3.87. The lowest BCUT2D eigenvalue weighted by Crippen LogP contribution is -2.37. The largest absolute Gasteiger partial charge is 0.465 e. The second-order valence-electron chi connectivity index (χ2n) is 2.88. The van der Waals surface area contributed by atoms with E-state index in [1.807, 2.05) is 5.38 Å². The molecule has 1 aromatic heterocycles. The number of nitrogens with zero attached hydrogens (tertiary/aromatic N) is 1. The summed E-state index contributed by atoms with van der Waals surface area (Å²) in [5.74, 6) is 0. The Morgan fingerprint density at radius 3 is 3.33 bits per heavy atom. The van der Waals surface area contributed by atoms with Crippen LogP contribution in [0.15, 0.2) is 11.6 Å². The van der Waals surface area contributed by atoms with Gasteiger partial charge < -0.3 is 10.1 Å². The highest BCUT2D eigenvalue weighted by molar-refractivity contribution is 7.11. The topological polar surface area (TPSA) is 34.1 Å². The second-order valence-corrected chi connectivity index (χ2v) is 3.74. The lowest BCUT2D eigenvalue weighted by atomic mass is 10.1. The van der Waals surface area contributed by atoms with Gasteiger partial charge in [-0.25, -0.2) is 4.98 Å². The summed E-state index contributed by atoms with van der Waals surface area (Å²) in [6.45, 7) is 2.08. The lowest BCUT2D eigenvalue weighted by Gasteiger charge is -2.22. The summed E-state index contributed by atoms with van der Waals surface area (Å²) in [4.78, 5) is 4.08. The van der Waals surface area contributed by atoms with Crippen LogP contribution in [0.5, 0.6) is 5.19 Å². The van der Waals surface area contributed by atoms with Crippen LogP contribution in [-0.4, -0.2) is 24.2 Å². The van der Waals surface area contributed by atoms with Crippen molar-refractivity contribution >= 4 is 11.3 Å². The minimum atomic E-state index is 0.324. The van der Waals surface area contributed by atoms with Gasteiger partial charge in [-0.15, -0.1) is 0 Å². The Balaban J connectivity index is 1.86. The number of hydrogen-bond acceptors (Lipinski definition) is 4. The molecule has 4 heteroatoms. The Hall–Kier alpha value is -0.610. The van der Waals surface area contributed by atoms with Crippen molar-refractivity contribution < 1.29 is 4.74 Å². The van der Waals surface area contributed by atoms with Crippen molar-refractivity contribution in [3.05, 3.63) is 11.6 Å². The van der Waals surface area contributed by atoms with Crippen LogP contribution in [0.1, 0.15) is 12.8 Å². The molecule has 0 bridgehead atoms. The molecule has 1 aliphatic rings. The zero-order chi connectivity index (χ0) is 8.23. The van der Waals surface area contributed by atoms with Gasteiger partial charge >= 0.3 is 0 Å². The number of thiazole rings is 1. The number of nitrogens with one attached hydrogen (secondary N) is 1. The van der Waals surface area contributed by atoms with Gasteiger partial charge in [0.05, 0.1) is 0 Å². The van der Waals surface area contributed by atoms with E-state index >= 15 is 0 Å². The first-order valence-corrected chi connectivity index (χ1v) is 5.10. The van der Waals surface area contributed by atoms with Gasteiger partial charge in [-0.1, -0.05) is 11.3 Å². The minimum absolute atomic E-state index is 0.324. The van der Waals surface area contributed by atoms with Gasteiger partial charge in [0, 0.05) is 18.1 Å². The first-order chi connectivity index (χ1) is 5.95. The molecule has 1 fully saturated rings. The van der Waals surface area contributed by atoms with Crippen molar-refractivity contribution in [2.75, 3.05) is 13.1 Å². The van der Waals surface area contributed by atoms with Gasteiger partial charge in [0.1, 0.15) is 6.10 Å². The van der Waals surface area contributed by atoms with Crippen molar-refractivity contribution in [3.63, 3.8) is 0 Å². The highest BCUT2D eigenvalue weighted by atomic mass is 32.1. The molecular weight excluding hydrogens is 172 g/mol. The van der Waals surface area contributed by atoms with E-state index in [-0.39, 0.29) is 0 Å². The van der Waals surface area contributed by atoms with E-state index in [1.165, 1.54) is 6.42 Å². The predicted molar refractivity (Wildman–Crippen MR) is 48.6 cm³/mol. The molecule has 1 atom stereocenters. The number of hydrogen-bond donors (Lipinski definition) is 1. The minimum Gasteiger partial charge on any atom is -0.465 e. The maximum Gasteiger partial charge on any atom is 0.273 e. The summed E-state index contributed by atoms with van der Waals surface area (Å²) < 4.78 is 5.64. The van der Waals surface area contributed by atoms with E-state index in [9.17, 15) is 0 Å². The zero-order valence-corrected chi connectivity index (χ0v) is 7.64. The van der Waals surface area contributed by atoms with Crippen LogP contribution in [0.3, 0.4) is 0 Å². The fraction of sp³-hybridized carbons (Fsp3) is 0.625. The number of piperidine rings is 1. The van der Waals surface area contributed by atoms with Crippen LogP contribution in [0.25, 0.3) is 0 Å². The summed E-state index contributed by atoms with van der Waals surface area (Å²) in [5, 5.41) is 6.03. The van der Waals surface area contributed by atoms with Crippen molar-refractivity contribution in [3.8, 4) is 5.19 Å².